The van der Waals surface area contributed by atoms with Crippen molar-refractivity contribution >= 4 is 35.7 Å². The lowest BCUT2D eigenvalue weighted by Crippen LogP contribution is -3.19. The molecule has 1 aliphatic carbocycles. The molecule has 1 aromatic carbocycles. The van der Waals surface area contributed by atoms with Crippen molar-refractivity contribution in [2.24, 2.45) is 10.9 Å². The number of allylic oxidation sites excluding steroid dienone is 2. The van der Waals surface area contributed by atoms with E-state index in [0.717, 1.165) is 23.2 Å². The van der Waals surface area contributed by atoms with Crippen molar-refractivity contribution in [1.29, 1.82) is 0 Å². The highest BCUT2D eigenvalue weighted by atomic mass is 35.5. The molecule has 3 atom stereocenters. The topological polar surface area (TPSA) is 97.6 Å². The zero-order valence-electron chi connectivity index (χ0n) is 19.7. The summed E-state index contributed by atoms with van der Waals surface area (Å²) < 4.78 is 6.35. The second kappa shape index (κ2) is 10.2. The first kappa shape index (κ1) is 24.3. The zero-order chi connectivity index (χ0) is 24.4. The van der Waals surface area contributed by atoms with Gasteiger partial charge in [0.15, 0.2) is 29.7 Å². The number of aliphatic hydroxyl groups is 1. The van der Waals surface area contributed by atoms with Crippen LogP contribution in [0.4, 0.5) is 4.79 Å². The Bertz CT molecular complexity index is 1090. The van der Waals surface area contributed by atoms with E-state index >= 15 is 0 Å². The van der Waals surface area contributed by atoms with Gasteiger partial charge in [-0.2, -0.15) is 9.89 Å². The normalized spacial score (nSPS) is 23.7. The first-order valence-electron chi connectivity index (χ1n) is 11.6. The van der Waals surface area contributed by atoms with Crippen LogP contribution in [0.2, 0.25) is 0 Å². The Balaban J connectivity index is 1.63. The Labute approximate surface area is 204 Å². The van der Waals surface area contributed by atoms with Crippen LogP contribution in [0, 0.1) is 5.92 Å². The number of rotatable bonds is 8. The number of fused-ring (bicyclic) bond motifs is 1. The highest BCUT2D eigenvalue weighted by Crippen LogP contribution is 2.44. The van der Waals surface area contributed by atoms with E-state index < -0.39 is 0 Å². The molecule has 3 aliphatic rings. The van der Waals surface area contributed by atoms with Crippen molar-refractivity contribution in [2.75, 3.05) is 20.2 Å². The molecule has 1 aromatic rings. The van der Waals surface area contributed by atoms with Crippen LogP contribution in [-0.4, -0.2) is 59.6 Å². The number of aliphatic hydroxyl groups excluding tert-OH is 1. The van der Waals surface area contributed by atoms with E-state index in [1.54, 1.807) is 14.0 Å². The number of nitrogens with one attached hydrogen (secondary N) is 2. The molecule has 8 nitrogen and oxygen atoms in total. The van der Waals surface area contributed by atoms with Gasteiger partial charge in [0, 0.05) is 43.5 Å². The van der Waals surface area contributed by atoms with E-state index in [1.807, 2.05) is 37.4 Å². The van der Waals surface area contributed by atoms with Gasteiger partial charge < -0.3 is 9.84 Å². The molecule has 0 bridgehead atoms. The number of halogens is 1. The average Bonchev–Trinajstić information content (AvgIpc) is 3.54. The Hall–Kier alpha value is -2.81. The number of hydrogen-bond donors (Lipinski definition) is 3. The summed E-state index contributed by atoms with van der Waals surface area (Å²) in [5, 5.41) is 9.09. The van der Waals surface area contributed by atoms with Gasteiger partial charge >= 0.3 is 11.9 Å². The fourth-order valence-corrected chi connectivity index (χ4v) is 4.43. The number of alkyl halides is 1. The molecule has 180 valence electrons. The molecule has 0 spiro atoms. The first-order valence-corrected chi connectivity index (χ1v) is 12.0. The summed E-state index contributed by atoms with van der Waals surface area (Å²) in [5.74, 6) is 0.329. The Kier molecular flexibility index (Phi) is 7.30. The minimum absolute atomic E-state index is 0.0404. The standard InChI is InChI=1S/C25H29ClN4O4/c1-15(13-18-10-9-17(26)14-27-18)23(34-21-19-7-4-5-8-20(19)21)28-22-16(2)24(32)30(11-6-12-31)25(33)29(22)3/h4-5,7-8,10,14-15,17,21,31H,6,9,11-13H2,1-3H3/p+2/b28-23+. The maximum Gasteiger partial charge on any atom is 0.430 e. The molecule has 0 saturated heterocycles. The fraction of sp³-hybridized carbons (Fsp3) is 0.440. The van der Waals surface area contributed by atoms with Gasteiger partial charge in [-0.3, -0.25) is 0 Å². The lowest BCUT2D eigenvalue weighted by Gasteiger charge is -2.28. The zero-order valence-corrected chi connectivity index (χ0v) is 20.4. The van der Waals surface area contributed by atoms with Crippen LogP contribution >= 0.6 is 11.6 Å². The molecule has 0 aromatic heterocycles. The predicted octanol–water partition coefficient (Wildman–Crippen LogP) is 0.668. The molecular weight excluding hydrogens is 456 g/mol. The second-order valence-corrected chi connectivity index (χ2v) is 9.48. The number of carbonyl (C=O) groups excluding carboxylic acids is 2. The summed E-state index contributed by atoms with van der Waals surface area (Å²) in [6, 6.07) is 7.61. The number of benzene rings is 1. The highest BCUT2D eigenvalue weighted by molar-refractivity contribution is 6.27. The molecule has 3 amide bonds. The molecule has 2 heterocycles. The third-order valence-corrected chi connectivity index (χ3v) is 6.64. The SMILES string of the molecule is CC1=C(/N=C(/OC2c3ccccc32)C(C)CC2=CCC(Cl)C=[NH+]2)N(C)C(=O)[NH+](CCCO)C1=O. The summed E-state index contributed by atoms with van der Waals surface area (Å²) in [7, 11) is 1.62. The highest BCUT2D eigenvalue weighted by Gasteiger charge is 2.42. The molecular formula is C25H31ClN4O4+2. The molecule has 0 saturated carbocycles. The maximum absolute atomic E-state index is 12.9. The number of nitrogens with zero attached hydrogens (tertiary/aromatic N) is 2. The van der Waals surface area contributed by atoms with Crippen LogP contribution in [0.15, 0.2) is 52.4 Å². The van der Waals surface area contributed by atoms with E-state index in [0.29, 0.717) is 30.1 Å². The quantitative estimate of drug-likeness (QED) is 0.286. The Morgan fingerprint density at radius 1 is 1.35 bits per heavy atom. The van der Waals surface area contributed by atoms with Gasteiger partial charge in [-0.25, -0.2) is 19.5 Å². The molecule has 0 fully saturated rings. The minimum Gasteiger partial charge on any atom is -0.467 e. The van der Waals surface area contributed by atoms with Crippen LogP contribution in [0.3, 0.4) is 0 Å². The monoisotopic (exact) mass is 486 g/mol. The van der Waals surface area contributed by atoms with Crippen molar-refractivity contribution in [3.05, 3.63) is 58.6 Å². The smallest absolute Gasteiger partial charge is 0.430 e. The van der Waals surface area contributed by atoms with Gasteiger partial charge in [-0.15, -0.1) is 11.6 Å². The van der Waals surface area contributed by atoms with Crippen molar-refractivity contribution in [3.63, 3.8) is 0 Å². The predicted molar refractivity (Wildman–Crippen MR) is 128 cm³/mol. The number of ether oxygens (including phenoxy) is 1. The van der Waals surface area contributed by atoms with Crippen molar-refractivity contribution in [2.45, 2.75) is 44.6 Å². The molecule has 3 N–H and O–H groups in total. The van der Waals surface area contributed by atoms with Crippen LogP contribution in [0.25, 0.3) is 0 Å². The number of imide groups is 1. The van der Waals surface area contributed by atoms with Gasteiger partial charge in [0.25, 0.3) is 0 Å². The van der Waals surface area contributed by atoms with E-state index in [9.17, 15) is 9.59 Å². The fourth-order valence-electron chi connectivity index (χ4n) is 4.27. The van der Waals surface area contributed by atoms with E-state index in [2.05, 4.69) is 11.1 Å². The van der Waals surface area contributed by atoms with Crippen molar-refractivity contribution in [1.82, 2.24) is 4.90 Å². The molecule has 3 unspecified atom stereocenters. The second-order valence-electron chi connectivity index (χ2n) is 8.92. The van der Waals surface area contributed by atoms with Gasteiger partial charge in [-0.1, -0.05) is 31.2 Å². The Morgan fingerprint density at radius 3 is 2.68 bits per heavy atom. The lowest BCUT2D eigenvalue weighted by atomic mass is 10.0. The van der Waals surface area contributed by atoms with E-state index in [-0.39, 0.29) is 47.4 Å². The van der Waals surface area contributed by atoms with Crippen molar-refractivity contribution < 1.29 is 29.3 Å². The molecule has 0 radical (unpaired) electrons. The minimum atomic E-state index is -0.385. The van der Waals surface area contributed by atoms with Crippen LogP contribution in [0.1, 0.15) is 50.3 Å². The van der Waals surface area contributed by atoms with Gasteiger partial charge in [0.2, 0.25) is 0 Å². The van der Waals surface area contributed by atoms with Gasteiger partial charge in [0.05, 0.1) is 12.1 Å². The third kappa shape index (κ3) is 4.99. The largest absolute Gasteiger partial charge is 0.467 e. The van der Waals surface area contributed by atoms with Gasteiger partial charge in [-0.05, 0) is 19.4 Å². The lowest BCUT2D eigenvalue weighted by molar-refractivity contribution is -0.736. The van der Waals surface area contributed by atoms with Crippen LogP contribution in [-0.2, 0) is 9.53 Å². The molecule has 34 heavy (non-hydrogen) atoms. The average molecular weight is 487 g/mol. The number of amides is 3. The number of hydrogen-bond acceptors (Lipinski definition) is 5. The number of urea groups is 1. The molecule has 2 aliphatic heterocycles. The maximum atomic E-state index is 12.9. The first-order chi connectivity index (χ1) is 16.3. The Morgan fingerprint density at radius 2 is 2.06 bits per heavy atom. The van der Waals surface area contributed by atoms with Crippen molar-refractivity contribution in [3.8, 4) is 0 Å². The third-order valence-electron chi connectivity index (χ3n) is 6.33. The molecule has 9 heteroatoms. The van der Waals surface area contributed by atoms with E-state index in [1.165, 1.54) is 4.90 Å². The van der Waals surface area contributed by atoms with Gasteiger partial charge in [0.1, 0.15) is 5.38 Å². The number of aliphatic imine (C=N–C) groups is 1. The summed E-state index contributed by atoms with van der Waals surface area (Å²) in [6.45, 7) is 3.85. The summed E-state index contributed by atoms with van der Waals surface area (Å²) in [6.07, 6.45) is 5.52. The summed E-state index contributed by atoms with van der Waals surface area (Å²) in [5.41, 5.74) is 3.66. The summed E-state index contributed by atoms with van der Waals surface area (Å²) in [4.78, 5) is 35.4. The molecule has 4 rings (SSSR count). The number of carbonyl (C=O) groups is 2. The van der Waals surface area contributed by atoms with E-state index in [4.69, 9.17) is 26.4 Å². The van der Waals surface area contributed by atoms with Crippen LogP contribution in [0.5, 0.6) is 0 Å². The summed E-state index contributed by atoms with van der Waals surface area (Å²) >= 11 is 6.14. The van der Waals surface area contributed by atoms with Crippen LogP contribution < -0.4 is 9.89 Å². The number of quaternary nitrogens is 1.